The van der Waals surface area contributed by atoms with Gasteiger partial charge in [-0.05, 0) is 58.0 Å². The SMILES string of the molecule is CCCNC1CCC(CC)CC1N(C)C(C)C(C)C. The van der Waals surface area contributed by atoms with Crippen molar-refractivity contribution in [3.63, 3.8) is 0 Å². The van der Waals surface area contributed by atoms with Crippen LogP contribution in [0.25, 0.3) is 0 Å². The summed E-state index contributed by atoms with van der Waals surface area (Å²) >= 11 is 0. The van der Waals surface area contributed by atoms with Crippen LogP contribution in [-0.2, 0) is 0 Å². The number of likely N-dealkylation sites (N-methyl/N-ethyl adjacent to an activating group) is 1. The van der Waals surface area contributed by atoms with Gasteiger partial charge >= 0.3 is 0 Å². The fourth-order valence-electron chi connectivity index (χ4n) is 3.39. The first-order valence-corrected chi connectivity index (χ1v) is 8.46. The van der Waals surface area contributed by atoms with Gasteiger partial charge in [-0.1, -0.05) is 34.1 Å². The zero-order chi connectivity index (χ0) is 14.4. The molecule has 1 aliphatic carbocycles. The first-order valence-electron chi connectivity index (χ1n) is 8.46. The van der Waals surface area contributed by atoms with E-state index in [0.29, 0.717) is 12.1 Å². The molecule has 114 valence electrons. The molecule has 1 aliphatic rings. The van der Waals surface area contributed by atoms with Crippen molar-refractivity contribution in [3.8, 4) is 0 Å². The molecule has 0 aliphatic heterocycles. The van der Waals surface area contributed by atoms with Crippen molar-refractivity contribution >= 4 is 0 Å². The Morgan fingerprint density at radius 3 is 2.37 bits per heavy atom. The molecule has 0 aromatic rings. The van der Waals surface area contributed by atoms with Crippen molar-refractivity contribution in [3.05, 3.63) is 0 Å². The third kappa shape index (κ3) is 4.75. The lowest BCUT2D eigenvalue weighted by Gasteiger charge is -2.45. The molecular formula is C17H36N2. The maximum absolute atomic E-state index is 3.80. The highest BCUT2D eigenvalue weighted by atomic mass is 15.2. The van der Waals surface area contributed by atoms with Gasteiger partial charge in [-0.15, -0.1) is 0 Å². The molecule has 0 amide bonds. The highest BCUT2D eigenvalue weighted by molar-refractivity contribution is 4.91. The number of rotatable bonds is 7. The molecule has 2 heteroatoms. The monoisotopic (exact) mass is 268 g/mol. The van der Waals surface area contributed by atoms with Gasteiger partial charge in [0.1, 0.15) is 0 Å². The zero-order valence-corrected chi connectivity index (χ0v) is 14.1. The van der Waals surface area contributed by atoms with E-state index < -0.39 is 0 Å². The summed E-state index contributed by atoms with van der Waals surface area (Å²) in [6, 6.07) is 2.10. The molecule has 4 atom stereocenters. The molecule has 19 heavy (non-hydrogen) atoms. The molecule has 2 nitrogen and oxygen atoms in total. The predicted octanol–water partition coefficient (Wildman–Crippen LogP) is 3.91. The van der Waals surface area contributed by atoms with Gasteiger partial charge < -0.3 is 5.32 Å². The number of hydrogen-bond acceptors (Lipinski definition) is 2. The van der Waals surface area contributed by atoms with E-state index in [1.807, 2.05) is 0 Å². The Balaban J connectivity index is 2.69. The highest BCUT2D eigenvalue weighted by Crippen LogP contribution is 2.31. The van der Waals surface area contributed by atoms with E-state index in [9.17, 15) is 0 Å². The third-order valence-electron chi connectivity index (χ3n) is 5.29. The number of nitrogens with one attached hydrogen (secondary N) is 1. The molecule has 1 rings (SSSR count). The minimum atomic E-state index is 0.673. The summed E-state index contributed by atoms with van der Waals surface area (Å²) in [5, 5.41) is 3.80. The van der Waals surface area contributed by atoms with Crippen LogP contribution >= 0.6 is 0 Å². The van der Waals surface area contributed by atoms with E-state index in [1.165, 1.54) is 38.6 Å². The largest absolute Gasteiger partial charge is 0.312 e. The van der Waals surface area contributed by atoms with Gasteiger partial charge in [0, 0.05) is 18.1 Å². The smallest absolute Gasteiger partial charge is 0.0251 e. The van der Waals surface area contributed by atoms with Gasteiger partial charge in [0.2, 0.25) is 0 Å². The van der Waals surface area contributed by atoms with Crippen molar-refractivity contribution < 1.29 is 0 Å². The summed E-state index contributed by atoms with van der Waals surface area (Å²) in [6.45, 7) is 12.9. The Morgan fingerprint density at radius 2 is 1.84 bits per heavy atom. The summed E-state index contributed by atoms with van der Waals surface area (Å²) in [4.78, 5) is 2.65. The Hall–Kier alpha value is -0.0800. The lowest BCUT2D eigenvalue weighted by Crippen LogP contribution is -2.55. The Labute approximate surface area is 121 Å². The lowest BCUT2D eigenvalue weighted by atomic mass is 9.79. The molecule has 0 aromatic heterocycles. The number of nitrogens with zero attached hydrogens (tertiary/aromatic N) is 1. The molecule has 1 fully saturated rings. The molecule has 0 bridgehead atoms. The van der Waals surface area contributed by atoms with Crippen LogP contribution < -0.4 is 5.32 Å². The van der Waals surface area contributed by atoms with Crippen LogP contribution in [0.15, 0.2) is 0 Å². The highest BCUT2D eigenvalue weighted by Gasteiger charge is 2.34. The maximum Gasteiger partial charge on any atom is 0.0251 e. The average molecular weight is 268 g/mol. The fourth-order valence-corrected chi connectivity index (χ4v) is 3.39. The molecule has 1 N–H and O–H groups in total. The van der Waals surface area contributed by atoms with Crippen molar-refractivity contribution in [2.45, 2.75) is 84.8 Å². The van der Waals surface area contributed by atoms with Gasteiger partial charge in [-0.25, -0.2) is 0 Å². The van der Waals surface area contributed by atoms with E-state index in [2.05, 4.69) is 51.9 Å². The zero-order valence-electron chi connectivity index (χ0n) is 14.1. The van der Waals surface area contributed by atoms with E-state index in [-0.39, 0.29) is 0 Å². The van der Waals surface area contributed by atoms with Crippen LogP contribution in [0.1, 0.15) is 66.7 Å². The second kappa shape index (κ2) is 8.26. The van der Waals surface area contributed by atoms with Gasteiger partial charge in [0.15, 0.2) is 0 Å². The second-order valence-corrected chi connectivity index (χ2v) is 6.87. The molecular weight excluding hydrogens is 232 g/mol. The van der Waals surface area contributed by atoms with Crippen LogP contribution in [0.3, 0.4) is 0 Å². The predicted molar refractivity (Wildman–Crippen MR) is 85.6 cm³/mol. The molecule has 1 saturated carbocycles. The summed E-state index contributed by atoms with van der Waals surface area (Å²) in [6.07, 6.45) is 6.74. The van der Waals surface area contributed by atoms with E-state index in [4.69, 9.17) is 0 Å². The number of hydrogen-bond donors (Lipinski definition) is 1. The van der Waals surface area contributed by atoms with Crippen molar-refractivity contribution in [1.29, 1.82) is 0 Å². The standard InChI is InChI=1S/C17H36N2/c1-7-11-18-16-10-9-15(8-2)12-17(16)19(6)14(5)13(3)4/h13-18H,7-12H2,1-6H3. The summed E-state index contributed by atoms with van der Waals surface area (Å²) in [7, 11) is 2.34. The van der Waals surface area contributed by atoms with Crippen molar-refractivity contribution in [1.82, 2.24) is 10.2 Å². The fraction of sp³-hybridized carbons (Fsp3) is 1.00. The quantitative estimate of drug-likeness (QED) is 0.753. The normalized spacial score (nSPS) is 30.0. The second-order valence-electron chi connectivity index (χ2n) is 6.87. The van der Waals surface area contributed by atoms with Gasteiger partial charge in [-0.3, -0.25) is 4.90 Å². The first-order chi connectivity index (χ1) is 9.01. The van der Waals surface area contributed by atoms with Crippen LogP contribution in [0.2, 0.25) is 0 Å². The van der Waals surface area contributed by atoms with Gasteiger partial charge in [0.05, 0.1) is 0 Å². The van der Waals surface area contributed by atoms with Crippen LogP contribution in [0, 0.1) is 11.8 Å². The molecule has 0 aromatic carbocycles. The van der Waals surface area contributed by atoms with Gasteiger partial charge in [0.25, 0.3) is 0 Å². The maximum atomic E-state index is 3.80. The molecule has 0 heterocycles. The Morgan fingerprint density at radius 1 is 1.16 bits per heavy atom. The minimum Gasteiger partial charge on any atom is -0.312 e. The molecule has 4 unspecified atom stereocenters. The molecule has 0 saturated heterocycles. The van der Waals surface area contributed by atoms with Crippen molar-refractivity contribution in [2.75, 3.05) is 13.6 Å². The van der Waals surface area contributed by atoms with Gasteiger partial charge in [-0.2, -0.15) is 0 Å². The van der Waals surface area contributed by atoms with Crippen LogP contribution in [-0.4, -0.2) is 36.6 Å². The van der Waals surface area contributed by atoms with E-state index >= 15 is 0 Å². The Kier molecular flexibility index (Phi) is 7.38. The van der Waals surface area contributed by atoms with Crippen LogP contribution in [0.5, 0.6) is 0 Å². The lowest BCUT2D eigenvalue weighted by molar-refractivity contribution is 0.0713. The third-order valence-corrected chi connectivity index (χ3v) is 5.29. The van der Waals surface area contributed by atoms with E-state index in [1.54, 1.807) is 0 Å². The minimum absolute atomic E-state index is 0.673. The first kappa shape index (κ1) is 17.0. The summed E-state index contributed by atoms with van der Waals surface area (Å²) < 4.78 is 0. The molecule has 0 spiro atoms. The summed E-state index contributed by atoms with van der Waals surface area (Å²) in [5.74, 6) is 1.67. The van der Waals surface area contributed by atoms with Crippen molar-refractivity contribution in [2.24, 2.45) is 11.8 Å². The Bertz CT molecular complexity index is 239. The van der Waals surface area contributed by atoms with Crippen LogP contribution in [0.4, 0.5) is 0 Å². The van der Waals surface area contributed by atoms with E-state index in [0.717, 1.165) is 17.9 Å². The molecule has 0 radical (unpaired) electrons. The summed E-state index contributed by atoms with van der Waals surface area (Å²) in [5.41, 5.74) is 0. The average Bonchev–Trinajstić information content (AvgIpc) is 2.43. The topological polar surface area (TPSA) is 15.3 Å².